The molecular weight excluding hydrogens is 394 g/mol. The van der Waals surface area contributed by atoms with Crippen molar-refractivity contribution in [2.24, 2.45) is 11.8 Å². The van der Waals surface area contributed by atoms with Crippen molar-refractivity contribution in [1.82, 2.24) is 5.32 Å². The van der Waals surface area contributed by atoms with Gasteiger partial charge < -0.3 is 19.9 Å². The summed E-state index contributed by atoms with van der Waals surface area (Å²) >= 11 is 0. The minimum absolute atomic E-state index is 0.150. The summed E-state index contributed by atoms with van der Waals surface area (Å²) in [5, 5.41) is 15.1. The highest BCUT2D eigenvalue weighted by Gasteiger charge is 2.69. The fraction of sp³-hybridized carbons (Fsp3) is 0.600. The van der Waals surface area contributed by atoms with E-state index < -0.39 is 5.97 Å². The van der Waals surface area contributed by atoms with E-state index in [2.05, 4.69) is 12.2 Å². The molecule has 4 atom stereocenters. The number of aromatic hydroxyl groups is 1. The van der Waals surface area contributed by atoms with Crippen molar-refractivity contribution in [3.63, 3.8) is 0 Å². The standard InChI is InChI=1S/C25H31NO5/c1-24-13-25(11-16(27)7-8-17(25)23(24)26-12-14-4-5-14)21-20(24)15(6-9-19(28)31-3)10-18(30-2)22(21)29/h6,9-10,14,17,23,26,29H,4-5,7-8,11-13H2,1-3H3/b9-6+/t17?,23?,24?,25-/m0/s1. The SMILES string of the molecule is COC(=O)/C=C/c1cc(OC)c(O)c2c1C1(C)C[C@]23CC(=O)CCC3C1NCC1CC1. The molecule has 0 radical (unpaired) electrons. The number of ether oxygens (including phenoxy) is 2. The Balaban J connectivity index is 1.70. The van der Waals surface area contributed by atoms with Crippen LogP contribution < -0.4 is 10.1 Å². The third kappa shape index (κ3) is 2.94. The lowest BCUT2D eigenvalue weighted by Crippen LogP contribution is -2.53. The number of carbonyl (C=O) groups excluding carboxylic acids is 2. The summed E-state index contributed by atoms with van der Waals surface area (Å²) in [7, 11) is 2.89. The molecule has 1 aromatic carbocycles. The van der Waals surface area contributed by atoms with Gasteiger partial charge in [-0.25, -0.2) is 4.79 Å². The van der Waals surface area contributed by atoms with Crippen molar-refractivity contribution < 1.29 is 24.2 Å². The quantitative estimate of drug-likeness (QED) is 0.538. The van der Waals surface area contributed by atoms with Gasteiger partial charge in [0.2, 0.25) is 0 Å². The molecule has 0 heterocycles. The van der Waals surface area contributed by atoms with Crippen molar-refractivity contribution in [1.29, 1.82) is 0 Å². The van der Waals surface area contributed by atoms with Crippen molar-refractivity contribution in [2.45, 2.75) is 62.3 Å². The molecule has 4 aliphatic carbocycles. The van der Waals surface area contributed by atoms with Crippen LogP contribution in [-0.2, 0) is 25.2 Å². The molecule has 3 unspecified atom stereocenters. The fourth-order valence-electron chi connectivity index (χ4n) is 6.92. The van der Waals surface area contributed by atoms with E-state index >= 15 is 0 Å². The summed E-state index contributed by atoms with van der Waals surface area (Å²) in [5.41, 5.74) is 2.14. The first kappa shape index (κ1) is 20.6. The number of benzene rings is 1. The maximum absolute atomic E-state index is 12.7. The third-order valence-corrected chi connectivity index (χ3v) is 8.24. The molecule has 2 N–H and O–H groups in total. The maximum Gasteiger partial charge on any atom is 0.330 e. The molecule has 0 aromatic heterocycles. The highest BCUT2D eigenvalue weighted by Crippen LogP contribution is 2.70. The van der Waals surface area contributed by atoms with Gasteiger partial charge >= 0.3 is 5.97 Å². The van der Waals surface area contributed by atoms with E-state index in [0.717, 1.165) is 42.0 Å². The van der Waals surface area contributed by atoms with Crippen LogP contribution in [0.1, 0.15) is 62.1 Å². The average Bonchev–Trinajstić information content (AvgIpc) is 3.48. The van der Waals surface area contributed by atoms with Gasteiger partial charge in [0.25, 0.3) is 0 Å². The van der Waals surface area contributed by atoms with Crippen molar-refractivity contribution in [3.05, 3.63) is 28.8 Å². The van der Waals surface area contributed by atoms with Crippen LogP contribution in [0.5, 0.6) is 11.5 Å². The number of esters is 1. The number of methoxy groups -OCH3 is 2. The van der Waals surface area contributed by atoms with Crippen LogP contribution in [-0.4, -0.2) is 43.7 Å². The first-order chi connectivity index (χ1) is 14.8. The van der Waals surface area contributed by atoms with Gasteiger partial charge in [0.1, 0.15) is 5.78 Å². The summed E-state index contributed by atoms with van der Waals surface area (Å²) in [5.74, 6) is 1.43. The predicted octanol–water partition coefficient (Wildman–Crippen LogP) is 3.24. The van der Waals surface area contributed by atoms with Gasteiger partial charge in [-0.15, -0.1) is 0 Å². The number of Topliss-reactive ketones (excluding diaryl/α,β-unsaturated/α-hetero) is 1. The Labute approximate surface area is 183 Å². The van der Waals surface area contributed by atoms with Crippen LogP contribution in [0.25, 0.3) is 6.08 Å². The van der Waals surface area contributed by atoms with Crippen LogP contribution in [0, 0.1) is 11.8 Å². The molecule has 1 spiro atoms. The highest BCUT2D eigenvalue weighted by atomic mass is 16.5. The van der Waals surface area contributed by atoms with E-state index in [-0.39, 0.29) is 28.4 Å². The summed E-state index contributed by atoms with van der Waals surface area (Å²) < 4.78 is 10.3. The minimum atomic E-state index is -0.429. The lowest BCUT2D eigenvalue weighted by Gasteiger charge is -2.46. The van der Waals surface area contributed by atoms with Gasteiger partial charge in [0.15, 0.2) is 11.5 Å². The number of phenolic OH excluding ortho intramolecular Hbond substituents is 1. The minimum Gasteiger partial charge on any atom is -0.504 e. The second kappa shape index (κ2) is 7.09. The predicted molar refractivity (Wildman–Crippen MR) is 116 cm³/mol. The molecule has 4 aliphatic rings. The number of phenols is 1. The van der Waals surface area contributed by atoms with Crippen LogP contribution in [0.3, 0.4) is 0 Å². The van der Waals surface area contributed by atoms with Crippen molar-refractivity contribution >= 4 is 17.8 Å². The van der Waals surface area contributed by atoms with E-state index in [4.69, 9.17) is 9.47 Å². The Kier molecular flexibility index (Phi) is 4.70. The van der Waals surface area contributed by atoms with Crippen molar-refractivity contribution in [3.8, 4) is 11.5 Å². The molecule has 0 saturated heterocycles. The summed E-state index contributed by atoms with van der Waals surface area (Å²) in [6.45, 7) is 3.26. The highest BCUT2D eigenvalue weighted by molar-refractivity contribution is 5.89. The Bertz CT molecular complexity index is 981. The van der Waals surface area contributed by atoms with Crippen LogP contribution in [0.2, 0.25) is 0 Å². The van der Waals surface area contributed by atoms with Gasteiger partial charge in [-0.2, -0.15) is 0 Å². The smallest absolute Gasteiger partial charge is 0.330 e. The Morgan fingerprint density at radius 2 is 2.06 bits per heavy atom. The molecule has 2 bridgehead atoms. The normalized spacial score (nSPS) is 33.5. The molecule has 3 saturated carbocycles. The van der Waals surface area contributed by atoms with Crippen molar-refractivity contribution in [2.75, 3.05) is 20.8 Å². The Morgan fingerprint density at radius 1 is 1.29 bits per heavy atom. The molecule has 6 nitrogen and oxygen atoms in total. The largest absolute Gasteiger partial charge is 0.504 e. The summed E-state index contributed by atoms with van der Waals surface area (Å²) in [6.07, 6.45) is 8.48. The molecule has 31 heavy (non-hydrogen) atoms. The van der Waals surface area contributed by atoms with Gasteiger partial charge in [0, 0.05) is 41.4 Å². The van der Waals surface area contributed by atoms with Gasteiger partial charge in [-0.05, 0) is 67.3 Å². The lowest BCUT2D eigenvalue weighted by molar-refractivity contribution is -0.134. The monoisotopic (exact) mass is 425 g/mol. The molecular formula is C25H31NO5. The average molecular weight is 426 g/mol. The summed E-state index contributed by atoms with van der Waals surface area (Å²) in [4.78, 5) is 24.5. The van der Waals surface area contributed by atoms with Gasteiger partial charge in [-0.1, -0.05) is 6.92 Å². The third-order valence-electron chi connectivity index (χ3n) is 8.24. The van der Waals surface area contributed by atoms with Crippen LogP contribution in [0.4, 0.5) is 0 Å². The fourth-order valence-corrected chi connectivity index (χ4v) is 6.92. The van der Waals surface area contributed by atoms with E-state index in [1.165, 1.54) is 33.1 Å². The molecule has 0 aliphatic heterocycles. The number of hydrogen-bond donors (Lipinski definition) is 2. The Hall–Kier alpha value is -2.34. The van der Waals surface area contributed by atoms with E-state index in [0.29, 0.717) is 24.5 Å². The first-order valence-electron chi connectivity index (χ1n) is 11.3. The first-order valence-corrected chi connectivity index (χ1v) is 11.3. The van der Waals surface area contributed by atoms with Gasteiger partial charge in [-0.3, -0.25) is 4.79 Å². The molecule has 166 valence electrons. The Morgan fingerprint density at radius 3 is 2.74 bits per heavy atom. The van der Waals surface area contributed by atoms with E-state index in [1.54, 1.807) is 12.1 Å². The molecule has 1 aromatic rings. The van der Waals surface area contributed by atoms with Crippen LogP contribution >= 0.6 is 0 Å². The number of hydrogen-bond acceptors (Lipinski definition) is 6. The zero-order valence-corrected chi connectivity index (χ0v) is 18.5. The summed E-state index contributed by atoms with van der Waals surface area (Å²) in [6, 6.07) is 2.04. The topological polar surface area (TPSA) is 84.9 Å². The number of fused-ring (bicyclic) bond motifs is 3. The van der Waals surface area contributed by atoms with E-state index in [9.17, 15) is 14.7 Å². The second-order valence-electron chi connectivity index (χ2n) is 10.1. The molecule has 5 rings (SSSR count). The van der Waals surface area contributed by atoms with Gasteiger partial charge in [0.05, 0.1) is 14.2 Å². The molecule has 0 amide bonds. The lowest BCUT2D eigenvalue weighted by atomic mass is 9.60. The number of ketones is 1. The van der Waals surface area contributed by atoms with E-state index in [1.807, 2.05) is 0 Å². The number of rotatable bonds is 6. The number of carbonyl (C=O) groups is 2. The number of nitrogens with one attached hydrogen (secondary N) is 1. The zero-order valence-electron chi connectivity index (χ0n) is 18.5. The maximum atomic E-state index is 12.7. The second-order valence-corrected chi connectivity index (χ2v) is 10.1. The zero-order chi connectivity index (χ0) is 22.0. The van der Waals surface area contributed by atoms with Crippen LogP contribution in [0.15, 0.2) is 12.1 Å². The molecule has 6 heteroatoms. The molecule has 3 fully saturated rings.